The van der Waals surface area contributed by atoms with E-state index in [1.54, 1.807) is 12.1 Å². The maximum absolute atomic E-state index is 13.4. The minimum Gasteiger partial charge on any atom is -0.378 e. The van der Waals surface area contributed by atoms with Crippen molar-refractivity contribution in [2.45, 2.75) is 32.4 Å². The summed E-state index contributed by atoms with van der Waals surface area (Å²) in [5.41, 5.74) is 1.73. The molecule has 2 unspecified atom stereocenters. The first kappa shape index (κ1) is 12.8. The first-order valence-electron chi connectivity index (χ1n) is 6.68. The van der Waals surface area contributed by atoms with Crippen LogP contribution in [0.1, 0.15) is 19.8 Å². The van der Waals surface area contributed by atoms with Gasteiger partial charge in [-0.3, -0.25) is 0 Å². The number of ether oxygens (including phenoxy) is 1. The summed E-state index contributed by atoms with van der Waals surface area (Å²) < 4.78 is 21.8. The van der Waals surface area contributed by atoms with Gasteiger partial charge >= 0.3 is 0 Å². The normalized spacial score (nSPS) is 23.3. The van der Waals surface area contributed by atoms with Crippen molar-refractivity contribution in [2.75, 3.05) is 6.61 Å². The summed E-state index contributed by atoms with van der Waals surface area (Å²) >= 11 is 5.35. The van der Waals surface area contributed by atoms with Crippen LogP contribution in [-0.4, -0.2) is 22.3 Å². The number of nitrogens with zero attached hydrogens (tertiary/aromatic N) is 1. The zero-order valence-corrected chi connectivity index (χ0v) is 11.7. The van der Waals surface area contributed by atoms with Crippen LogP contribution in [0.15, 0.2) is 18.2 Å². The molecule has 102 valence electrons. The highest BCUT2D eigenvalue weighted by Gasteiger charge is 2.27. The van der Waals surface area contributed by atoms with Crippen molar-refractivity contribution >= 4 is 23.3 Å². The van der Waals surface area contributed by atoms with Crippen molar-refractivity contribution in [3.8, 4) is 0 Å². The summed E-state index contributed by atoms with van der Waals surface area (Å²) in [5.74, 6) is 0.226. The molecule has 0 bridgehead atoms. The third kappa shape index (κ3) is 2.32. The number of benzene rings is 1. The topological polar surface area (TPSA) is 29.9 Å². The van der Waals surface area contributed by atoms with Crippen molar-refractivity contribution in [3.05, 3.63) is 28.8 Å². The molecular weight excluding hydrogens is 263 g/mol. The molecular formula is C14H17FN2OS. The highest BCUT2D eigenvalue weighted by atomic mass is 32.1. The van der Waals surface area contributed by atoms with E-state index in [1.165, 1.54) is 6.07 Å². The van der Waals surface area contributed by atoms with E-state index < -0.39 is 0 Å². The fourth-order valence-corrected chi connectivity index (χ4v) is 3.18. The number of rotatable bonds is 3. The van der Waals surface area contributed by atoms with Crippen LogP contribution >= 0.6 is 12.2 Å². The van der Waals surface area contributed by atoms with Crippen LogP contribution in [0.3, 0.4) is 0 Å². The van der Waals surface area contributed by atoms with Crippen molar-refractivity contribution < 1.29 is 9.13 Å². The number of hydrogen-bond acceptors (Lipinski definition) is 2. The van der Waals surface area contributed by atoms with E-state index in [2.05, 4.69) is 11.9 Å². The minimum absolute atomic E-state index is 0.232. The fraction of sp³-hybridized carbons (Fsp3) is 0.500. The summed E-state index contributed by atoms with van der Waals surface area (Å²) in [7, 11) is 0. The number of imidazole rings is 1. The zero-order valence-electron chi connectivity index (χ0n) is 10.9. The Morgan fingerprint density at radius 3 is 3.16 bits per heavy atom. The van der Waals surface area contributed by atoms with Gasteiger partial charge in [-0.15, -0.1) is 0 Å². The van der Waals surface area contributed by atoms with Crippen molar-refractivity contribution in [1.82, 2.24) is 9.55 Å². The Morgan fingerprint density at radius 1 is 1.53 bits per heavy atom. The van der Waals surface area contributed by atoms with Gasteiger partial charge in [-0.2, -0.15) is 0 Å². The monoisotopic (exact) mass is 280 g/mol. The molecule has 1 aliphatic rings. The number of H-pyrrole nitrogens is 1. The smallest absolute Gasteiger partial charge is 0.178 e. The van der Waals surface area contributed by atoms with Crippen LogP contribution < -0.4 is 0 Å². The molecule has 19 heavy (non-hydrogen) atoms. The van der Waals surface area contributed by atoms with Crippen molar-refractivity contribution in [3.63, 3.8) is 0 Å². The van der Waals surface area contributed by atoms with Gasteiger partial charge < -0.3 is 14.3 Å². The molecule has 0 saturated carbocycles. The summed E-state index contributed by atoms with van der Waals surface area (Å²) in [5, 5.41) is 0. The van der Waals surface area contributed by atoms with Gasteiger partial charge in [-0.05, 0) is 43.3 Å². The molecule has 0 amide bonds. The van der Waals surface area contributed by atoms with E-state index in [9.17, 15) is 4.39 Å². The SMILES string of the molecule is CCC1OCCC1Cn1c(=S)[nH]c2ccc(F)cc21. The molecule has 0 aliphatic carbocycles. The highest BCUT2D eigenvalue weighted by Crippen LogP contribution is 2.27. The van der Waals surface area contributed by atoms with E-state index in [4.69, 9.17) is 17.0 Å². The Morgan fingerprint density at radius 2 is 2.37 bits per heavy atom. The lowest BCUT2D eigenvalue weighted by molar-refractivity contribution is 0.0837. The molecule has 1 fully saturated rings. The third-order valence-electron chi connectivity index (χ3n) is 3.90. The lowest BCUT2D eigenvalue weighted by Crippen LogP contribution is -2.20. The molecule has 1 saturated heterocycles. The lowest BCUT2D eigenvalue weighted by atomic mass is 9.99. The first-order valence-corrected chi connectivity index (χ1v) is 7.09. The van der Waals surface area contributed by atoms with Crippen molar-refractivity contribution in [2.24, 2.45) is 5.92 Å². The molecule has 5 heteroatoms. The van der Waals surface area contributed by atoms with E-state index in [0.717, 1.165) is 37.0 Å². The lowest BCUT2D eigenvalue weighted by Gasteiger charge is -2.17. The Labute approximate surface area is 116 Å². The molecule has 0 radical (unpaired) electrons. The van der Waals surface area contributed by atoms with E-state index in [0.29, 0.717) is 16.8 Å². The second-order valence-corrected chi connectivity index (χ2v) is 5.46. The molecule has 3 rings (SSSR count). The number of aromatic amines is 1. The van der Waals surface area contributed by atoms with Crippen LogP contribution in [-0.2, 0) is 11.3 Å². The van der Waals surface area contributed by atoms with Gasteiger partial charge in [0.1, 0.15) is 5.82 Å². The Kier molecular flexibility index (Phi) is 3.41. The molecule has 2 atom stereocenters. The Balaban J connectivity index is 1.98. The van der Waals surface area contributed by atoms with Gasteiger partial charge in [0, 0.05) is 19.1 Å². The minimum atomic E-state index is -0.232. The molecule has 3 nitrogen and oxygen atoms in total. The average Bonchev–Trinajstić information content (AvgIpc) is 2.96. The molecule has 1 aliphatic heterocycles. The van der Waals surface area contributed by atoms with Gasteiger partial charge in [0.25, 0.3) is 0 Å². The molecule has 2 aromatic rings. The van der Waals surface area contributed by atoms with Crippen LogP contribution in [0.25, 0.3) is 11.0 Å². The molecule has 1 aromatic heterocycles. The second kappa shape index (κ2) is 5.06. The first-order chi connectivity index (χ1) is 9.19. The van der Waals surface area contributed by atoms with E-state index >= 15 is 0 Å². The molecule has 0 spiro atoms. The third-order valence-corrected chi connectivity index (χ3v) is 4.23. The standard InChI is InChI=1S/C14H17FN2OS/c1-2-13-9(5-6-18-13)8-17-12-7-10(15)3-4-11(12)16-14(17)19/h3-4,7,9,13H,2,5-6,8H2,1H3,(H,16,19). The summed E-state index contributed by atoms with van der Waals surface area (Å²) in [6.07, 6.45) is 2.34. The maximum Gasteiger partial charge on any atom is 0.178 e. The molecule has 2 heterocycles. The van der Waals surface area contributed by atoms with Gasteiger partial charge in [0.05, 0.1) is 17.1 Å². The molecule has 1 aromatic carbocycles. The number of halogens is 1. The summed E-state index contributed by atoms with van der Waals surface area (Å²) in [4.78, 5) is 3.13. The van der Waals surface area contributed by atoms with Gasteiger partial charge in [0.2, 0.25) is 0 Å². The van der Waals surface area contributed by atoms with Crippen molar-refractivity contribution in [1.29, 1.82) is 0 Å². The van der Waals surface area contributed by atoms with Crippen LogP contribution in [0.4, 0.5) is 4.39 Å². The molecule has 1 N–H and O–H groups in total. The Hall–Kier alpha value is -1.20. The van der Waals surface area contributed by atoms with Crippen LogP contribution in [0.5, 0.6) is 0 Å². The predicted octanol–water partition coefficient (Wildman–Crippen LogP) is 3.65. The average molecular weight is 280 g/mol. The van der Waals surface area contributed by atoms with E-state index in [1.807, 2.05) is 4.57 Å². The fourth-order valence-electron chi connectivity index (χ4n) is 2.89. The quantitative estimate of drug-likeness (QED) is 0.870. The van der Waals surface area contributed by atoms with Gasteiger partial charge in [-0.1, -0.05) is 6.92 Å². The number of nitrogens with one attached hydrogen (secondary N) is 1. The maximum atomic E-state index is 13.4. The highest BCUT2D eigenvalue weighted by molar-refractivity contribution is 7.71. The largest absolute Gasteiger partial charge is 0.378 e. The predicted molar refractivity (Wildman–Crippen MR) is 75.2 cm³/mol. The van der Waals surface area contributed by atoms with Crippen LogP contribution in [0, 0.1) is 16.5 Å². The Bertz CT molecular complexity index is 648. The van der Waals surface area contributed by atoms with Crippen LogP contribution in [0.2, 0.25) is 0 Å². The second-order valence-electron chi connectivity index (χ2n) is 5.07. The zero-order chi connectivity index (χ0) is 13.4. The number of fused-ring (bicyclic) bond motifs is 1. The summed E-state index contributed by atoms with van der Waals surface area (Å²) in [6.45, 7) is 3.74. The summed E-state index contributed by atoms with van der Waals surface area (Å²) in [6, 6.07) is 4.73. The van der Waals surface area contributed by atoms with E-state index in [-0.39, 0.29) is 5.82 Å². The van der Waals surface area contributed by atoms with Gasteiger partial charge in [0.15, 0.2) is 4.77 Å². The van der Waals surface area contributed by atoms with Gasteiger partial charge in [-0.25, -0.2) is 4.39 Å². The number of aromatic nitrogens is 2. The number of hydrogen-bond donors (Lipinski definition) is 1.